The van der Waals surface area contributed by atoms with Crippen LogP contribution in [0.2, 0.25) is 0 Å². The van der Waals surface area contributed by atoms with E-state index in [2.05, 4.69) is 15.8 Å². The Morgan fingerprint density at radius 1 is 1.03 bits per heavy atom. The number of nitrogens with zero attached hydrogens (tertiary/aromatic N) is 1. The summed E-state index contributed by atoms with van der Waals surface area (Å²) in [7, 11) is 1.60. The maximum Gasteiger partial charge on any atom is 0.271 e. The molecule has 1 aliphatic rings. The van der Waals surface area contributed by atoms with Crippen molar-refractivity contribution in [1.82, 2.24) is 5.43 Å². The van der Waals surface area contributed by atoms with Crippen molar-refractivity contribution in [3.8, 4) is 5.75 Å². The summed E-state index contributed by atoms with van der Waals surface area (Å²) in [5, 5.41) is 9.00. The van der Waals surface area contributed by atoms with Crippen molar-refractivity contribution in [3.05, 3.63) is 71.8 Å². The summed E-state index contributed by atoms with van der Waals surface area (Å²) < 4.78 is 5.42. The fraction of sp³-hybridized carbons (Fsp3) is 0.174. The molecule has 0 saturated heterocycles. The van der Waals surface area contributed by atoms with Gasteiger partial charge in [0, 0.05) is 22.7 Å². The van der Waals surface area contributed by atoms with Crippen LogP contribution in [-0.4, -0.2) is 25.1 Å². The van der Waals surface area contributed by atoms with Crippen LogP contribution in [-0.2, 0) is 4.79 Å². The minimum atomic E-state index is -0.333. The Hall–Kier alpha value is -3.67. The largest absolute Gasteiger partial charge is 0.496 e. The molecule has 0 unspecified atom stereocenters. The number of anilines is 1. The first kappa shape index (κ1) is 18.7. The molecule has 4 rings (SSSR count). The summed E-state index contributed by atoms with van der Waals surface area (Å²) in [5.41, 5.74) is 4.47. The van der Waals surface area contributed by atoms with Crippen LogP contribution in [0.4, 0.5) is 5.69 Å². The first-order valence-electron chi connectivity index (χ1n) is 9.46. The lowest BCUT2D eigenvalue weighted by molar-refractivity contribution is -0.117. The molecule has 3 aromatic rings. The molecule has 6 nitrogen and oxygen atoms in total. The van der Waals surface area contributed by atoms with Gasteiger partial charge in [-0.3, -0.25) is 9.59 Å². The van der Waals surface area contributed by atoms with Crippen LogP contribution in [0.15, 0.2) is 65.8 Å². The summed E-state index contributed by atoms with van der Waals surface area (Å²) in [6.07, 6.45) is 3.49. The van der Waals surface area contributed by atoms with E-state index in [-0.39, 0.29) is 17.7 Å². The lowest BCUT2D eigenvalue weighted by Crippen LogP contribution is -2.18. The Morgan fingerprint density at radius 2 is 1.79 bits per heavy atom. The molecule has 6 heteroatoms. The van der Waals surface area contributed by atoms with Gasteiger partial charge in [0.2, 0.25) is 5.91 Å². The second-order valence-electron chi connectivity index (χ2n) is 6.94. The predicted octanol–water partition coefficient (Wildman–Crippen LogP) is 3.96. The van der Waals surface area contributed by atoms with Gasteiger partial charge in [0.1, 0.15) is 5.75 Å². The van der Waals surface area contributed by atoms with Crippen LogP contribution >= 0.6 is 0 Å². The van der Waals surface area contributed by atoms with Crippen LogP contribution in [0.1, 0.15) is 28.8 Å². The molecule has 29 heavy (non-hydrogen) atoms. The van der Waals surface area contributed by atoms with Gasteiger partial charge in [-0.15, -0.1) is 0 Å². The molecule has 0 spiro atoms. The number of methoxy groups -OCH3 is 1. The molecule has 0 aromatic heterocycles. The summed E-state index contributed by atoms with van der Waals surface area (Å²) in [5.74, 6) is 0.521. The van der Waals surface area contributed by atoms with Gasteiger partial charge in [0.15, 0.2) is 0 Å². The molecule has 2 amide bonds. The van der Waals surface area contributed by atoms with Gasteiger partial charge in [-0.1, -0.05) is 30.3 Å². The van der Waals surface area contributed by atoms with Gasteiger partial charge in [-0.05, 0) is 53.9 Å². The Morgan fingerprint density at radius 3 is 2.52 bits per heavy atom. The van der Waals surface area contributed by atoms with Gasteiger partial charge < -0.3 is 10.1 Å². The van der Waals surface area contributed by atoms with Crippen molar-refractivity contribution in [2.75, 3.05) is 12.4 Å². The zero-order valence-electron chi connectivity index (χ0n) is 16.0. The smallest absolute Gasteiger partial charge is 0.271 e. The van der Waals surface area contributed by atoms with E-state index in [0.29, 0.717) is 17.0 Å². The standard InChI is InChI=1S/C23H21N3O3/c1-29-21-13-10-15-4-2-3-5-19(15)20(21)14-24-26-23(28)17-8-11-18(12-9-17)25-22(27)16-6-7-16/h2-5,8-14,16H,6-7H2,1H3,(H,25,27)(H,26,28). The highest BCUT2D eigenvalue weighted by molar-refractivity contribution is 6.03. The SMILES string of the molecule is COc1ccc2ccccc2c1C=NNC(=O)c1ccc(NC(=O)C2CC2)cc1. The summed E-state index contributed by atoms with van der Waals surface area (Å²) in [4.78, 5) is 24.2. The van der Waals surface area contributed by atoms with Crippen LogP contribution in [0, 0.1) is 5.92 Å². The van der Waals surface area contributed by atoms with Crippen LogP contribution < -0.4 is 15.5 Å². The second kappa shape index (κ2) is 8.14. The summed E-state index contributed by atoms with van der Waals surface area (Å²) >= 11 is 0. The average molecular weight is 387 g/mol. The molecule has 0 atom stereocenters. The number of hydrogen-bond acceptors (Lipinski definition) is 4. The maximum absolute atomic E-state index is 12.4. The van der Waals surface area contributed by atoms with Crippen LogP contribution in [0.25, 0.3) is 10.8 Å². The van der Waals surface area contributed by atoms with E-state index in [1.807, 2.05) is 36.4 Å². The number of benzene rings is 3. The van der Waals surface area contributed by atoms with E-state index in [4.69, 9.17) is 4.74 Å². The van der Waals surface area contributed by atoms with Gasteiger partial charge >= 0.3 is 0 Å². The highest BCUT2D eigenvalue weighted by atomic mass is 16.5. The van der Waals surface area contributed by atoms with E-state index in [9.17, 15) is 9.59 Å². The molecule has 0 bridgehead atoms. The Kier molecular flexibility index (Phi) is 5.24. The van der Waals surface area contributed by atoms with Crippen molar-refractivity contribution in [2.45, 2.75) is 12.8 Å². The zero-order chi connectivity index (χ0) is 20.2. The van der Waals surface area contributed by atoms with E-state index in [1.165, 1.54) is 0 Å². The topological polar surface area (TPSA) is 79.8 Å². The van der Waals surface area contributed by atoms with E-state index in [0.717, 1.165) is 29.2 Å². The third-order valence-corrected chi connectivity index (χ3v) is 4.87. The Labute approximate surface area is 168 Å². The van der Waals surface area contributed by atoms with Crippen molar-refractivity contribution in [3.63, 3.8) is 0 Å². The van der Waals surface area contributed by atoms with Crippen LogP contribution in [0.3, 0.4) is 0 Å². The normalized spacial score (nSPS) is 13.4. The quantitative estimate of drug-likeness (QED) is 0.496. The third-order valence-electron chi connectivity index (χ3n) is 4.87. The van der Waals surface area contributed by atoms with Crippen molar-refractivity contribution in [2.24, 2.45) is 11.0 Å². The van der Waals surface area contributed by atoms with Gasteiger partial charge in [0.25, 0.3) is 5.91 Å². The monoisotopic (exact) mass is 387 g/mol. The van der Waals surface area contributed by atoms with Crippen molar-refractivity contribution in [1.29, 1.82) is 0 Å². The predicted molar refractivity (Wildman–Crippen MR) is 113 cm³/mol. The number of carbonyl (C=O) groups is 2. The molecule has 1 aliphatic carbocycles. The van der Waals surface area contributed by atoms with E-state index >= 15 is 0 Å². The fourth-order valence-electron chi connectivity index (χ4n) is 3.10. The molecule has 146 valence electrons. The number of hydrogen-bond donors (Lipinski definition) is 2. The summed E-state index contributed by atoms with van der Waals surface area (Å²) in [6.45, 7) is 0. The number of carbonyl (C=O) groups excluding carboxylic acids is 2. The number of ether oxygens (including phenoxy) is 1. The van der Waals surface area contributed by atoms with Crippen molar-refractivity contribution >= 4 is 34.5 Å². The fourth-order valence-corrected chi connectivity index (χ4v) is 3.10. The molecule has 2 N–H and O–H groups in total. The third kappa shape index (κ3) is 4.27. The first-order valence-corrected chi connectivity index (χ1v) is 9.46. The van der Waals surface area contributed by atoms with Crippen LogP contribution in [0.5, 0.6) is 5.75 Å². The molecule has 1 saturated carbocycles. The maximum atomic E-state index is 12.4. The van der Waals surface area contributed by atoms with E-state index in [1.54, 1.807) is 37.6 Å². The number of hydrazone groups is 1. The minimum absolute atomic E-state index is 0.0378. The zero-order valence-corrected chi connectivity index (χ0v) is 16.0. The summed E-state index contributed by atoms with van der Waals surface area (Å²) in [6, 6.07) is 18.5. The van der Waals surface area contributed by atoms with Gasteiger partial charge in [-0.25, -0.2) is 5.43 Å². The number of nitrogens with one attached hydrogen (secondary N) is 2. The molecule has 3 aromatic carbocycles. The first-order chi connectivity index (χ1) is 14.2. The number of fused-ring (bicyclic) bond motifs is 1. The van der Waals surface area contributed by atoms with Crippen molar-refractivity contribution < 1.29 is 14.3 Å². The highest BCUT2D eigenvalue weighted by Crippen LogP contribution is 2.30. The lowest BCUT2D eigenvalue weighted by Gasteiger charge is -2.08. The minimum Gasteiger partial charge on any atom is -0.496 e. The van der Waals surface area contributed by atoms with Gasteiger partial charge in [0.05, 0.1) is 13.3 Å². The molecule has 0 heterocycles. The van der Waals surface area contributed by atoms with E-state index < -0.39 is 0 Å². The highest BCUT2D eigenvalue weighted by Gasteiger charge is 2.29. The molecule has 0 radical (unpaired) electrons. The lowest BCUT2D eigenvalue weighted by atomic mass is 10.0. The number of rotatable bonds is 6. The number of amides is 2. The molecular weight excluding hydrogens is 366 g/mol. The molecule has 1 fully saturated rings. The molecular formula is C23H21N3O3. The Balaban J connectivity index is 1.45. The molecule has 0 aliphatic heterocycles. The second-order valence-corrected chi connectivity index (χ2v) is 6.94. The van der Waals surface area contributed by atoms with Gasteiger partial charge in [-0.2, -0.15) is 5.10 Å². The Bertz CT molecular complexity index is 1090. The average Bonchev–Trinajstić information content (AvgIpc) is 3.60.